The molecule has 1 fully saturated rings. The third-order valence-electron chi connectivity index (χ3n) is 5.35. The van der Waals surface area contributed by atoms with Gasteiger partial charge in [0, 0.05) is 30.6 Å². The minimum atomic E-state index is -0.690. The first-order valence-corrected chi connectivity index (χ1v) is 9.69. The summed E-state index contributed by atoms with van der Waals surface area (Å²) in [6.45, 7) is 4.29. The van der Waals surface area contributed by atoms with Crippen LogP contribution in [0.5, 0.6) is 0 Å². The van der Waals surface area contributed by atoms with Crippen molar-refractivity contribution in [1.82, 2.24) is 4.90 Å². The maximum absolute atomic E-state index is 10.9. The Kier molecular flexibility index (Phi) is 4.99. The maximum atomic E-state index is 10.9. The highest BCUT2D eigenvalue weighted by Gasteiger charge is 2.32. The number of carboxylic acids is 1. The van der Waals surface area contributed by atoms with Gasteiger partial charge in [-0.25, -0.2) is 0 Å². The Morgan fingerprint density at radius 3 is 2.56 bits per heavy atom. The van der Waals surface area contributed by atoms with E-state index in [0.29, 0.717) is 13.1 Å². The minimum Gasteiger partial charge on any atom is -0.481 e. The molecular formula is C23H25NO3. The zero-order valence-electron chi connectivity index (χ0n) is 15.6. The zero-order chi connectivity index (χ0) is 18.8. The van der Waals surface area contributed by atoms with E-state index in [1.54, 1.807) is 0 Å². The molecule has 0 unspecified atom stereocenters. The van der Waals surface area contributed by atoms with E-state index < -0.39 is 5.97 Å². The van der Waals surface area contributed by atoms with Crippen LogP contribution >= 0.6 is 0 Å². The van der Waals surface area contributed by atoms with Crippen LogP contribution in [0.15, 0.2) is 52.9 Å². The summed E-state index contributed by atoms with van der Waals surface area (Å²) in [5, 5.41) is 10.1. The molecule has 1 aromatic heterocycles. The van der Waals surface area contributed by atoms with E-state index in [1.807, 2.05) is 0 Å². The SMILES string of the molecule is CCCCc1ccc2oc(-c3ccc(CN4CC(C(=O)O)C4)cc3)cc2c1. The van der Waals surface area contributed by atoms with Gasteiger partial charge in [-0.2, -0.15) is 0 Å². The van der Waals surface area contributed by atoms with Gasteiger partial charge in [0.15, 0.2) is 0 Å². The third-order valence-corrected chi connectivity index (χ3v) is 5.35. The fraction of sp³-hybridized carbons (Fsp3) is 0.348. The molecule has 140 valence electrons. The number of rotatable bonds is 7. The molecule has 0 radical (unpaired) electrons. The van der Waals surface area contributed by atoms with Gasteiger partial charge in [-0.1, -0.05) is 43.7 Å². The first-order valence-electron chi connectivity index (χ1n) is 9.69. The van der Waals surface area contributed by atoms with Crippen LogP contribution in [0, 0.1) is 5.92 Å². The van der Waals surface area contributed by atoms with Gasteiger partial charge in [0.2, 0.25) is 0 Å². The molecule has 2 aromatic carbocycles. The summed E-state index contributed by atoms with van der Waals surface area (Å²) >= 11 is 0. The lowest BCUT2D eigenvalue weighted by Crippen LogP contribution is -2.49. The summed E-state index contributed by atoms with van der Waals surface area (Å²) in [5.74, 6) is -0.00884. The van der Waals surface area contributed by atoms with Crippen LogP contribution in [0.2, 0.25) is 0 Å². The number of hydrogen-bond acceptors (Lipinski definition) is 3. The molecule has 0 atom stereocenters. The topological polar surface area (TPSA) is 53.7 Å². The highest BCUT2D eigenvalue weighted by Crippen LogP contribution is 2.29. The molecule has 0 amide bonds. The van der Waals surface area contributed by atoms with E-state index in [0.717, 1.165) is 35.3 Å². The largest absolute Gasteiger partial charge is 0.481 e. The van der Waals surface area contributed by atoms with Crippen LogP contribution in [0.3, 0.4) is 0 Å². The first-order chi connectivity index (χ1) is 13.1. The number of unbranched alkanes of at least 4 members (excludes halogenated alkanes) is 1. The average Bonchev–Trinajstić information content (AvgIpc) is 3.06. The lowest BCUT2D eigenvalue weighted by Gasteiger charge is -2.36. The molecule has 4 nitrogen and oxygen atoms in total. The fourth-order valence-electron chi connectivity index (χ4n) is 3.66. The van der Waals surface area contributed by atoms with Crippen LogP contribution < -0.4 is 0 Å². The second-order valence-corrected chi connectivity index (χ2v) is 7.51. The van der Waals surface area contributed by atoms with Crippen LogP contribution in [0.25, 0.3) is 22.3 Å². The lowest BCUT2D eigenvalue weighted by molar-refractivity contribution is -0.147. The average molecular weight is 363 g/mol. The summed E-state index contributed by atoms with van der Waals surface area (Å²) in [4.78, 5) is 13.1. The first kappa shape index (κ1) is 17.8. The van der Waals surface area contributed by atoms with Crippen molar-refractivity contribution in [2.24, 2.45) is 5.92 Å². The molecular weight excluding hydrogens is 338 g/mol. The monoisotopic (exact) mass is 363 g/mol. The Bertz CT molecular complexity index is 936. The van der Waals surface area contributed by atoms with Crippen LogP contribution in [0.4, 0.5) is 0 Å². The lowest BCUT2D eigenvalue weighted by atomic mass is 9.99. The maximum Gasteiger partial charge on any atom is 0.309 e. The number of likely N-dealkylation sites (tertiary alicyclic amines) is 1. The van der Waals surface area contributed by atoms with Crippen molar-refractivity contribution < 1.29 is 14.3 Å². The Morgan fingerprint density at radius 2 is 1.85 bits per heavy atom. The smallest absolute Gasteiger partial charge is 0.309 e. The summed E-state index contributed by atoms with van der Waals surface area (Å²) in [7, 11) is 0. The number of fused-ring (bicyclic) bond motifs is 1. The van der Waals surface area contributed by atoms with Crippen molar-refractivity contribution in [3.8, 4) is 11.3 Å². The highest BCUT2D eigenvalue weighted by atomic mass is 16.4. The molecule has 4 rings (SSSR count). The summed E-state index contributed by atoms with van der Waals surface area (Å²) < 4.78 is 6.03. The van der Waals surface area contributed by atoms with Gasteiger partial charge in [-0.15, -0.1) is 0 Å². The van der Waals surface area contributed by atoms with E-state index in [4.69, 9.17) is 9.52 Å². The molecule has 1 aliphatic rings. The number of hydrogen-bond donors (Lipinski definition) is 1. The van der Waals surface area contributed by atoms with Gasteiger partial charge in [0.1, 0.15) is 11.3 Å². The third kappa shape index (κ3) is 3.91. The van der Waals surface area contributed by atoms with Crippen LogP contribution in [-0.2, 0) is 17.8 Å². The molecule has 1 aliphatic heterocycles. The molecule has 0 saturated carbocycles. The molecule has 2 heterocycles. The molecule has 3 aromatic rings. The second-order valence-electron chi connectivity index (χ2n) is 7.51. The van der Waals surface area contributed by atoms with Crippen molar-refractivity contribution in [3.05, 3.63) is 59.7 Å². The van der Waals surface area contributed by atoms with Gasteiger partial charge < -0.3 is 9.52 Å². The highest BCUT2D eigenvalue weighted by molar-refractivity contribution is 5.83. The summed E-state index contributed by atoms with van der Waals surface area (Å²) in [6, 6.07) is 16.9. The number of carboxylic acid groups (broad SMARTS) is 1. The number of carbonyl (C=O) groups is 1. The molecule has 4 heteroatoms. The Hall–Kier alpha value is -2.59. The van der Waals surface area contributed by atoms with Gasteiger partial charge in [0.05, 0.1) is 5.92 Å². The summed E-state index contributed by atoms with van der Waals surface area (Å²) in [5.41, 5.74) is 4.55. The minimum absolute atomic E-state index is 0.206. The number of benzene rings is 2. The van der Waals surface area contributed by atoms with E-state index in [1.165, 1.54) is 24.0 Å². The summed E-state index contributed by atoms with van der Waals surface area (Å²) in [6.07, 6.45) is 3.53. The molecule has 1 N–H and O–H groups in total. The van der Waals surface area contributed by atoms with E-state index in [9.17, 15) is 4.79 Å². The Balaban J connectivity index is 1.44. The number of aliphatic carboxylic acids is 1. The number of furan rings is 1. The fourth-order valence-corrected chi connectivity index (χ4v) is 3.66. The zero-order valence-corrected chi connectivity index (χ0v) is 15.6. The van der Waals surface area contributed by atoms with Crippen LogP contribution in [0.1, 0.15) is 30.9 Å². The van der Waals surface area contributed by atoms with Crippen molar-refractivity contribution in [2.75, 3.05) is 13.1 Å². The Morgan fingerprint density at radius 1 is 1.11 bits per heavy atom. The van der Waals surface area contributed by atoms with Crippen LogP contribution in [-0.4, -0.2) is 29.1 Å². The van der Waals surface area contributed by atoms with Gasteiger partial charge >= 0.3 is 5.97 Å². The standard InChI is InChI=1S/C23H25NO3/c1-2-3-4-16-7-10-21-19(11-16)12-22(27-21)18-8-5-17(6-9-18)13-24-14-20(15-24)23(25)26/h5-12,20H,2-4,13-15H2,1H3,(H,25,26). The van der Waals surface area contributed by atoms with E-state index >= 15 is 0 Å². The van der Waals surface area contributed by atoms with Gasteiger partial charge in [-0.3, -0.25) is 9.69 Å². The normalized spacial score (nSPS) is 15.1. The van der Waals surface area contributed by atoms with E-state index in [2.05, 4.69) is 60.4 Å². The van der Waals surface area contributed by atoms with Crippen molar-refractivity contribution in [1.29, 1.82) is 0 Å². The number of aryl methyl sites for hydroxylation is 1. The van der Waals surface area contributed by atoms with Gasteiger partial charge in [0.25, 0.3) is 0 Å². The Labute approximate surface area is 159 Å². The molecule has 1 saturated heterocycles. The number of nitrogens with zero attached hydrogens (tertiary/aromatic N) is 1. The predicted octanol–water partition coefficient (Wildman–Crippen LogP) is 4.96. The quantitative estimate of drug-likeness (QED) is 0.645. The van der Waals surface area contributed by atoms with Crippen molar-refractivity contribution in [2.45, 2.75) is 32.7 Å². The van der Waals surface area contributed by atoms with Gasteiger partial charge in [-0.05, 0) is 42.2 Å². The van der Waals surface area contributed by atoms with E-state index in [-0.39, 0.29) is 5.92 Å². The molecule has 27 heavy (non-hydrogen) atoms. The second kappa shape index (κ2) is 7.57. The molecule has 0 spiro atoms. The van der Waals surface area contributed by atoms with Crippen molar-refractivity contribution >= 4 is 16.9 Å². The predicted molar refractivity (Wildman–Crippen MR) is 107 cm³/mol. The molecule has 0 aliphatic carbocycles. The molecule has 0 bridgehead atoms. The van der Waals surface area contributed by atoms with Crippen molar-refractivity contribution in [3.63, 3.8) is 0 Å².